The lowest BCUT2D eigenvalue weighted by Gasteiger charge is -2.08. The number of pyridine rings is 2. The third-order valence-corrected chi connectivity index (χ3v) is 5.47. The van der Waals surface area contributed by atoms with Gasteiger partial charge in [-0.1, -0.05) is 18.2 Å². The molecule has 29 heavy (non-hydrogen) atoms. The average molecular weight is 404 g/mol. The van der Waals surface area contributed by atoms with Crippen LogP contribution in [0.1, 0.15) is 22.2 Å². The molecule has 146 valence electrons. The molecule has 0 bridgehead atoms. The molecule has 4 aromatic rings. The van der Waals surface area contributed by atoms with Crippen molar-refractivity contribution in [2.45, 2.75) is 19.4 Å². The quantitative estimate of drug-likeness (QED) is 0.434. The van der Waals surface area contributed by atoms with Crippen LogP contribution >= 0.6 is 11.3 Å². The molecule has 0 saturated carbocycles. The Morgan fingerprint density at radius 2 is 1.86 bits per heavy atom. The van der Waals surface area contributed by atoms with Crippen molar-refractivity contribution < 1.29 is 10.2 Å². The van der Waals surface area contributed by atoms with Gasteiger partial charge < -0.3 is 15.5 Å². The van der Waals surface area contributed by atoms with Gasteiger partial charge in [-0.2, -0.15) is 0 Å². The zero-order valence-electron chi connectivity index (χ0n) is 15.8. The monoisotopic (exact) mass is 404 g/mol. The molecular weight excluding hydrogens is 384 g/mol. The van der Waals surface area contributed by atoms with Crippen molar-refractivity contribution in [1.29, 1.82) is 0 Å². The first-order chi connectivity index (χ1) is 14.1. The van der Waals surface area contributed by atoms with Crippen LogP contribution in [0.4, 0.5) is 11.6 Å². The Balaban J connectivity index is 1.49. The van der Waals surface area contributed by atoms with Gasteiger partial charge in [-0.05, 0) is 54.4 Å². The van der Waals surface area contributed by atoms with E-state index < -0.39 is 6.10 Å². The Labute approximate surface area is 172 Å². The molecule has 1 atom stereocenters. The normalized spacial score (nSPS) is 11.9. The number of phenolic OH excluding ortho intramolecular Hbond substituents is 1. The third-order valence-electron chi connectivity index (χ3n) is 4.35. The van der Waals surface area contributed by atoms with Crippen LogP contribution < -0.4 is 5.32 Å². The number of nitrogens with zero attached hydrogens (tertiary/aromatic N) is 3. The van der Waals surface area contributed by atoms with Gasteiger partial charge in [-0.15, -0.1) is 11.3 Å². The highest BCUT2D eigenvalue weighted by Gasteiger charge is 2.15. The Morgan fingerprint density at radius 3 is 2.66 bits per heavy atom. The van der Waals surface area contributed by atoms with Crippen LogP contribution in [-0.4, -0.2) is 25.2 Å². The van der Waals surface area contributed by atoms with Crippen LogP contribution in [0.3, 0.4) is 0 Å². The van der Waals surface area contributed by atoms with Gasteiger partial charge in [0.25, 0.3) is 0 Å². The molecule has 3 aromatic heterocycles. The van der Waals surface area contributed by atoms with Crippen LogP contribution in [0.15, 0.2) is 67.0 Å². The molecule has 0 aliphatic heterocycles. The van der Waals surface area contributed by atoms with Crippen molar-refractivity contribution >= 4 is 23.0 Å². The SMILES string of the molecule is Cc1ccnc(Nc2cccc(-c3cnc(C(O)Cc4ccc(O)cc4)s3)n2)c1. The molecule has 0 aliphatic carbocycles. The fourth-order valence-electron chi connectivity index (χ4n) is 2.88. The number of anilines is 2. The maximum atomic E-state index is 10.5. The number of phenols is 1. The smallest absolute Gasteiger partial charge is 0.132 e. The molecule has 0 radical (unpaired) electrons. The number of hydrogen-bond donors (Lipinski definition) is 3. The first-order valence-electron chi connectivity index (χ1n) is 9.15. The van der Waals surface area contributed by atoms with Crippen LogP contribution in [0.2, 0.25) is 0 Å². The Kier molecular flexibility index (Phi) is 5.50. The van der Waals surface area contributed by atoms with E-state index in [-0.39, 0.29) is 5.75 Å². The Bertz CT molecular complexity index is 1110. The largest absolute Gasteiger partial charge is 0.508 e. The molecule has 0 amide bonds. The second-order valence-electron chi connectivity index (χ2n) is 6.70. The number of aliphatic hydroxyl groups excluding tert-OH is 1. The molecule has 0 aliphatic rings. The van der Waals surface area contributed by atoms with Gasteiger partial charge in [0.15, 0.2) is 0 Å². The maximum absolute atomic E-state index is 10.5. The number of hydrogen-bond acceptors (Lipinski definition) is 7. The first-order valence-corrected chi connectivity index (χ1v) is 9.97. The number of aromatic nitrogens is 3. The minimum Gasteiger partial charge on any atom is -0.508 e. The van der Waals surface area contributed by atoms with Gasteiger partial charge in [-0.25, -0.2) is 15.0 Å². The van der Waals surface area contributed by atoms with E-state index in [2.05, 4.69) is 20.3 Å². The van der Waals surface area contributed by atoms with Crippen LogP contribution in [0.25, 0.3) is 10.6 Å². The summed E-state index contributed by atoms with van der Waals surface area (Å²) in [6.45, 7) is 2.01. The van der Waals surface area contributed by atoms with E-state index in [1.807, 2.05) is 37.3 Å². The molecular formula is C22H20N4O2S. The summed E-state index contributed by atoms with van der Waals surface area (Å²) < 4.78 is 0. The minimum atomic E-state index is -0.712. The second kappa shape index (κ2) is 8.38. The van der Waals surface area contributed by atoms with Crippen LogP contribution in [0.5, 0.6) is 5.75 Å². The molecule has 1 aromatic carbocycles. The van der Waals surface area contributed by atoms with E-state index in [0.717, 1.165) is 27.5 Å². The molecule has 7 heteroatoms. The van der Waals surface area contributed by atoms with Gasteiger partial charge in [0.05, 0.1) is 10.6 Å². The highest BCUT2D eigenvalue weighted by Crippen LogP contribution is 2.30. The lowest BCUT2D eigenvalue weighted by atomic mass is 10.1. The Morgan fingerprint density at radius 1 is 1.03 bits per heavy atom. The van der Waals surface area contributed by atoms with Crippen molar-refractivity contribution in [1.82, 2.24) is 15.0 Å². The molecule has 1 unspecified atom stereocenters. The highest BCUT2D eigenvalue weighted by molar-refractivity contribution is 7.15. The molecule has 0 spiro atoms. The van der Waals surface area contributed by atoms with Crippen molar-refractivity contribution in [3.8, 4) is 16.3 Å². The summed E-state index contributed by atoms with van der Waals surface area (Å²) in [6.07, 6.45) is 3.21. The van der Waals surface area contributed by atoms with E-state index >= 15 is 0 Å². The second-order valence-corrected chi connectivity index (χ2v) is 7.76. The number of benzene rings is 1. The third kappa shape index (κ3) is 4.77. The summed E-state index contributed by atoms with van der Waals surface area (Å²) in [5.41, 5.74) is 2.83. The highest BCUT2D eigenvalue weighted by atomic mass is 32.1. The lowest BCUT2D eigenvalue weighted by molar-refractivity contribution is 0.178. The summed E-state index contributed by atoms with van der Waals surface area (Å²) >= 11 is 1.42. The number of thiazole rings is 1. The standard InChI is InChI=1S/C22H20N4O2S/c1-14-9-10-23-21(11-14)26-20-4-2-3-17(25-20)19-13-24-22(29-19)18(28)12-15-5-7-16(27)8-6-15/h2-11,13,18,27-28H,12H2,1H3,(H,23,25,26). The van der Waals surface area contributed by atoms with E-state index in [9.17, 15) is 10.2 Å². The molecule has 0 saturated heterocycles. The molecule has 0 fully saturated rings. The molecule has 6 nitrogen and oxygen atoms in total. The van der Waals surface area contributed by atoms with Gasteiger partial charge in [0.1, 0.15) is 28.5 Å². The number of aliphatic hydroxyl groups is 1. The lowest BCUT2D eigenvalue weighted by Crippen LogP contribution is -2.00. The number of nitrogens with one attached hydrogen (secondary N) is 1. The number of rotatable bonds is 6. The fraction of sp³-hybridized carbons (Fsp3) is 0.136. The van der Waals surface area contributed by atoms with Crippen molar-refractivity contribution in [3.63, 3.8) is 0 Å². The van der Waals surface area contributed by atoms with E-state index in [0.29, 0.717) is 17.2 Å². The van der Waals surface area contributed by atoms with Gasteiger partial charge in [0.2, 0.25) is 0 Å². The van der Waals surface area contributed by atoms with E-state index in [1.165, 1.54) is 11.3 Å². The van der Waals surface area contributed by atoms with Crippen LogP contribution in [-0.2, 0) is 6.42 Å². The van der Waals surface area contributed by atoms with Crippen molar-refractivity contribution in [3.05, 3.63) is 83.1 Å². The molecule has 3 N–H and O–H groups in total. The zero-order chi connectivity index (χ0) is 20.2. The number of aryl methyl sites for hydroxylation is 1. The summed E-state index contributed by atoms with van der Waals surface area (Å²) in [4.78, 5) is 14.2. The predicted octanol–water partition coefficient (Wildman–Crippen LogP) is 4.63. The average Bonchev–Trinajstić information content (AvgIpc) is 3.20. The minimum absolute atomic E-state index is 0.209. The molecule has 4 rings (SSSR count). The summed E-state index contributed by atoms with van der Waals surface area (Å²) in [5.74, 6) is 1.64. The van der Waals surface area contributed by atoms with Gasteiger partial charge in [-0.3, -0.25) is 0 Å². The summed E-state index contributed by atoms with van der Waals surface area (Å²) in [5, 5.41) is 23.7. The first kappa shape index (κ1) is 19.0. The van der Waals surface area contributed by atoms with Crippen molar-refractivity contribution in [2.75, 3.05) is 5.32 Å². The van der Waals surface area contributed by atoms with E-state index in [1.54, 1.807) is 36.7 Å². The Hall–Kier alpha value is -3.29. The van der Waals surface area contributed by atoms with Gasteiger partial charge in [0, 0.05) is 18.8 Å². The predicted molar refractivity (Wildman–Crippen MR) is 114 cm³/mol. The summed E-state index contributed by atoms with van der Waals surface area (Å²) in [7, 11) is 0. The van der Waals surface area contributed by atoms with Gasteiger partial charge >= 0.3 is 0 Å². The zero-order valence-corrected chi connectivity index (χ0v) is 16.6. The number of aromatic hydroxyl groups is 1. The summed E-state index contributed by atoms with van der Waals surface area (Å²) in [6, 6.07) is 16.4. The molecule has 3 heterocycles. The fourth-order valence-corrected chi connectivity index (χ4v) is 3.75. The van der Waals surface area contributed by atoms with Crippen molar-refractivity contribution in [2.24, 2.45) is 0 Å². The van der Waals surface area contributed by atoms with Crippen LogP contribution in [0, 0.1) is 6.92 Å². The maximum Gasteiger partial charge on any atom is 0.132 e. The topological polar surface area (TPSA) is 91.2 Å². The van der Waals surface area contributed by atoms with E-state index in [4.69, 9.17) is 0 Å².